The molecule has 0 aliphatic carbocycles. The summed E-state index contributed by atoms with van der Waals surface area (Å²) in [6.45, 7) is 0.989. The molecule has 1 atom stereocenters. The zero-order valence-corrected chi connectivity index (χ0v) is 10.2. The molecular formula is C7H13F3N2O2S2. The summed E-state index contributed by atoms with van der Waals surface area (Å²) in [6, 6.07) is 0. The molecular weight excluding hydrogens is 265 g/mol. The van der Waals surface area contributed by atoms with E-state index in [1.165, 1.54) is 6.92 Å². The summed E-state index contributed by atoms with van der Waals surface area (Å²) < 4.78 is 59.9. The third-order valence-electron chi connectivity index (χ3n) is 1.81. The van der Waals surface area contributed by atoms with Crippen LogP contribution >= 0.6 is 12.2 Å². The van der Waals surface area contributed by atoms with E-state index < -0.39 is 27.9 Å². The normalized spacial score (nSPS) is 14.8. The topological polar surface area (TPSA) is 72.2 Å². The SMILES string of the molecule is CC(C(N)=S)S(=O)(=O)NCCCC(F)(F)F. The molecule has 0 bridgehead atoms. The van der Waals surface area contributed by atoms with Crippen LogP contribution in [0.5, 0.6) is 0 Å². The van der Waals surface area contributed by atoms with E-state index in [0.717, 1.165) is 0 Å². The highest BCUT2D eigenvalue weighted by Gasteiger charge is 2.27. The Morgan fingerprint density at radius 2 is 2.00 bits per heavy atom. The second kappa shape index (κ2) is 5.78. The van der Waals surface area contributed by atoms with Crippen molar-refractivity contribution in [3.63, 3.8) is 0 Å². The van der Waals surface area contributed by atoms with Crippen LogP contribution in [0.3, 0.4) is 0 Å². The van der Waals surface area contributed by atoms with Gasteiger partial charge in [-0.15, -0.1) is 0 Å². The minimum Gasteiger partial charge on any atom is -0.392 e. The van der Waals surface area contributed by atoms with Gasteiger partial charge in [-0.2, -0.15) is 13.2 Å². The highest BCUT2D eigenvalue weighted by Crippen LogP contribution is 2.20. The van der Waals surface area contributed by atoms with Crippen molar-refractivity contribution in [2.24, 2.45) is 5.73 Å². The third kappa shape index (κ3) is 6.23. The second-order valence-electron chi connectivity index (χ2n) is 3.20. The van der Waals surface area contributed by atoms with Crippen molar-refractivity contribution in [3.8, 4) is 0 Å². The zero-order chi connectivity index (χ0) is 13.0. The molecule has 4 nitrogen and oxygen atoms in total. The molecule has 0 saturated heterocycles. The highest BCUT2D eigenvalue weighted by atomic mass is 32.2. The summed E-state index contributed by atoms with van der Waals surface area (Å²) in [5, 5.41) is -1.09. The molecule has 0 amide bonds. The molecule has 0 radical (unpaired) electrons. The molecule has 16 heavy (non-hydrogen) atoms. The van der Waals surface area contributed by atoms with Crippen molar-refractivity contribution >= 4 is 27.2 Å². The van der Waals surface area contributed by atoms with Crippen LogP contribution in [-0.2, 0) is 10.0 Å². The van der Waals surface area contributed by atoms with Crippen molar-refractivity contribution in [1.82, 2.24) is 4.72 Å². The summed E-state index contributed by atoms with van der Waals surface area (Å²) in [5.74, 6) is 0. The van der Waals surface area contributed by atoms with Gasteiger partial charge >= 0.3 is 6.18 Å². The Balaban J connectivity index is 4.07. The molecule has 9 heteroatoms. The fourth-order valence-electron chi connectivity index (χ4n) is 0.781. The van der Waals surface area contributed by atoms with Crippen molar-refractivity contribution in [2.45, 2.75) is 31.2 Å². The maximum Gasteiger partial charge on any atom is 0.389 e. The number of alkyl halides is 3. The minimum absolute atomic E-state index is 0.219. The van der Waals surface area contributed by atoms with E-state index in [2.05, 4.69) is 12.2 Å². The fourth-order valence-corrected chi connectivity index (χ4v) is 2.15. The molecule has 0 saturated carbocycles. The molecule has 0 fully saturated rings. The Hall–Kier alpha value is -0.410. The molecule has 0 rings (SSSR count). The van der Waals surface area contributed by atoms with Gasteiger partial charge in [0.05, 0.1) is 4.99 Å². The summed E-state index contributed by atoms with van der Waals surface area (Å²) in [6.07, 6.45) is -5.62. The molecule has 0 aromatic carbocycles. The van der Waals surface area contributed by atoms with Crippen LogP contribution in [0.1, 0.15) is 19.8 Å². The van der Waals surface area contributed by atoms with Crippen LogP contribution in [0.15, 0.2) is 0 Å². The van der Waals surface area contributed by atoms with E-state index in [1.54, 1.807) is 0 Å². The van der Waals surface area contributed by atoms with E-state index in [1.807, 2.05) is 4.72 Å². The predicted molar refractivity (Wildman–Crippen MR) is 58.5 cm³/mol. The van der Waals surface area contributed by atoms with Crippen LogP contribution < -0.4 is 10.5 Å². The number of hydrogen-bond donors (Lipinski definition) is 2. The molecule has 0 aliphatic rings. The lowest BCUT2D eigenvalue weighted by Crippen LogP contribution is -2.40. The van der Waals surface area contributed by atoms with E-state index in [-0.39, 0.29) is 18.0 Å². The Kier molecular flexibility index (Phi) is 5.63. The zero-order valence-electron chi connectivity index (χ0n) is 8.54. The molecule has 0 spiro atoms. The van der Waals surface area contributed by atoms with Crippen LogP contribution in [0.25, 0.3) is 0 Å². The van der Waals surface area contributed by atoms with E-state index in [4.69, 9.17) is 5.73 Å². The van der Waals surface area contributed by atoms with Gasteiger partial charge in [0.25, 0.3) is 0 Å². The molecule has 1 unspecified atom stereocenters. The number of nitrogens with one attached hydrogen (secondary N) is 1. The lowest BCUT2D eigenvalue weighted by molar-refractivity contribution is -0.135. The van der Waals surface area contributed by atoms with Gasteiger partial charge in [-0.25, -0.2) is 13.1 Å². The lowest BCUT2D eigenvalue weighted by atomic mass is 10.3. The molecule has 0 aromatic rings. The van der Waals surface area contributed by atoms with Crippen LogP contribution in [0, 0.1) is 0 Å². The Morgan fingerprint density at radius 3 is 2.38 bits per heavy atom. The van der Waals surface area contributed by atoms with Crippen molar-refractivity contribution in [3.05, 3.63) is 0 Å². The van der Waals surface area contributed by atoms with Gasteiger partial charge in [-0.05, 0) is 13.3 Å². The molecule has 3 N–H and O–H groups in total. The van der Waals surface area contributed by atoms with Gasteiger partial charge in [-0.1, -0.05) is 12.2 Å². The average Bonchev–Trinajstić information content (AvgIpc) is 2.09. The first-order chi connectivity index (χ1) is 7.06. The van der Waals surface area contributed by atoms with Crippen molar-refractivity contribution in [1.29, 1.82) is 0 Å². The Morgan fingerprint density at radius 1 is 1.50 bits per heavy atom. The number of nitrogens with two attached hydrogens (primary N) is 1. The number of rotatable bonds is 6. The quantitative estimate of drug-likeness (QED) is 0.560. The van der Waals surface area contributed by atoms with Gasteiger partial charge in [0.1, 0.15) is 5.25 Å². The van der Waals surface area contributed by atoms with Crippen LogP contribution in [0.2, 0.25) is 0 Å². The highest BCUT2D eigenvalue weighted by molar-refractivity contribution is 7.93. The predicted octanol–water partition coefficient (Wildman–Crippen LogP) is 0.923. The monoisotopic (exact) mass is 278 g/mol. The number of hydrogen-bond acceptors (Lipinski definition) is 3. The smallest absolute Gasteiger partial charge is 0.389 e. The van der Waals surface area contributed by atoms with Crippen LogP contribution in [0.4, 0.5) is 13.2 Å². The van der Waals surface area contributed by atoms with Gasteiger partial charge in [0.2, 0.25) is 10.0 Å². The maximum absolute atomic E-state index is 11.7. The first-order valence-corrected chi connectivity index (χ1v) is 6.36. The summed E-state index contributed by atoms with van der Waals surface area (Å²) in [7, 11) is -3.76. The summed E-state index contributed by atoms with van der Waals surface area (Å²) in [4.78, 5) is -0.219. The average molecular weight is 278 g/mol. The Bertz CT molecular complexity index is 340. The van der Waals surface area contributed by atoms with Crippen molar-refractivity contribution < 1.29 is 21.6 Å². The van der Waals surface area contributed by atoms with Gasteiger partial charge in [-0.3, -0.25) is 0 Å². The third-order valence-corrected chi connectivity index (χ3v) is 4.10. The van der Waals surface area contributed by atoms with E-state index in [0.29, 0.717) is 0 Å². The largest absolute Gasteiger partial charge is 0.392 e. The number of halogens is 3. The fraction of sp³-hybridized carbons (Fsp3) is 0.857. The van der Waals surface area contributed by atoms with Crippen LogP contribution in [-0.4, -0.2) is 31.4 Å². The molecule has 0 heterocycles. The minimum atomic E-state index is -4.28. The van der Waals surface area contributed by atoms with Gasteiger partial charge in [0, 0.05) is 13.0 Å². The second-order valence-corrected chi connectivity index (χ2v) is 5.76. The molecule has 0 aromatic heterocycles. The standard InChI is InChI=1S/C7H13F3N2O2S2/c1-5(6(11)15)16(13,14)12-4-2-3-7(8,9)10/h5,12H,2-4H2,1H3,(H2,11,15). The number of thiocarbonyl (C=S) groups is 1. The summed E-state index contributed by atoms with van der Waals surface area (Å²) >= 11 is 4.48. The van der Waals surface area contributed by atoms with Crippen molar-refractivity contribution in [2.75, 3.05) is 6.54 Å². The first kappa shape index (κ1) is 15.6. The lowest BCUT2D eigenvalue weighted by Gasteiger charge is -2.12. The van der Waals surface area contributed by atoms with E-state index in [9.17, 15) is 21.6 Å². The first-order valence-electron chi connectivity index (χ1n) is 4.41. The number of sulfonamides is 1. The summed E-state index contributed by atoms with van der Waals surface area (Å²) in [5.41, 5.74) is 5.13. The van der Waals surface area contributed by atoms with Gasteiger partial charge < -0.3 is 5.73 Å². The Labute approximate surface area is 97.4 Å². The maximum atomic E-state index is 11.7. The van der Waals surface area contributed by atoms with E-state index >= 15 is 0 Å². The van der Waals surface area contributed by atoms with Gasteiger partial charge in [0.15, 0.2) is 0 Å². The molecule has 0 aliphatic heterocycles. The molecule has 96 valence electrons.